The zero-order chi connectivity index (χ0) is 19.1. The Balaban J connectivity index is 1.85. The number of hydrogen-bond acceptors (Lipinski definition) is 7. The predicted molar refractivity (Wildman–Crippen MR) is 91.3 cm³/mol. The van der Waals surface area contributed by atoms with E-state index >= 15 is 0 Å². The van der Waals surface area contributed by atoms with E-state index in [0.717, 1.165) is 0 Å². The molecule has 7 heteroatoms. The van der Waals surface area contributed by atoms with E-state index in [0.29, 0.717) is 16.7 Å². The number of carbonyl (C=O) groups is 1. The van der Waals surface area contributed by atoms with Gasteiger partial charge in [0.15, 0.2) is 5.78 Å². The summed E-state index contributed by atoms with van der Waals surface area (Å²) in [6.07, 6.45) is -2.65. The normalized spacial score (nSPS) is 33.2. The van der Waals surface area contributed by atoms with Crippen LogP contribution in [0.15, 0.2) is 42.5 Å². The van der Waals surface area contributed by atoms with Crippen LogP contribution in [-0.2, 0) is 10.3 Å². The SMILES string of the molecule is O=C1C=CC2(O[C@@H]3c4c2ccc(O)c4[C@H](O)[C@H](O)[C@@H]3O)c2cccc(O)c21. The Labute approximate surface area is 153 Å². The first-order valence-corrected chi connectivity index (χ1v) is 8.51. The average molecular weight is 368 g/mol. The quantitative estimate of drug-likeness (QED) is 0.468. The highest BCUT2D eigenvalue weighted by molar-refractivity contribution is 6.09. The number of benzene rings is 2. The largest absolute Gasteiger partial charge is 0.508 e. The fourth-order valence-corrected chi connectivity index (χ4v) is 4.48. The number of ketones is 1. The van der Waals surface area contributed by atoms with Crippen LogP contribution in [0.5, 0.6) is 11.5 Å². The van der Waals surface area contributed by atoms with Crippen molar-refractivity contribution in [3.8, 4) is 11.5 Å². The molecule has 1 spiro atoms. The fourth-order valence-electron chi connectivity index (χ4n) is 4.48. The highest BCUT2D eigenvalue weighted by atomic mass is 16.5. The number of carbonyl (C=O) groups excluding carboxylic acids is 1. The number of rotatable bonds is 0. The van der Waals surface area contributed by atoms with Crippen LogP contribution in [0.4, 0.5) is 0 Å². The summed E-state index contributed by atoms with van der Waals surface area (Å²) in [5, 5.41) is 51.5. The van der Waals surface area contributed by atoms with Gasteiger partial charge in [-0.2, -0.15) is 0 Å². The molecule has 2 aromatic rings. The monoisotopic (exact) mass is 368 g/mol. The van der Waals surface area contributed by atoms with E-state index in [4.69, 9.17) is 4.74 Å². The number of fused-ring (bicyclic) bond motifs is 3. The lowest BCUT2D eigenvalue weighted by Gasteiger charge is -2.35. The maximum absolute atomic E-state index is 12.3. The van der Waals surface area contributed by atoms with Gasteiger partial charge < -0.3 is 30.3 Å². The zero-order valence-corrected chi connectivity index (χ0v) is 13.9. The standard InChI is InChI=1S/C20H16O7/c21-10-3-1-2-8-13(10)12(23)6-7-20(8)9-4-5-11(22)15-14(9)19(27-20)18(26)17(25)16(15)24/h1-7,16-19,21-22,24-26H/t16-,17-,18-,19+,20?/m0/s1. The van der Waals surface area contributed by atoms with E-state index in [1.807, 2.05) is 0 Å². The number of phenols is 2. The van der Waals surface area contributed by atoms with Gasteiger partial charge in [-0.15, -0.1) is 0 Å². The Morgan fingerprint density at radius 2 is 1.67 bits per heavy atom. The third kappa shape index (κ3) is 1.86. The van der Waals surface area contributed by atoms with Crippen LogP contribution in [0.2, 0.25) is 0 Å². The lowest BCUT2D eigenvalue weighted by Crippen LogP contribution is -2.42. The molecule has 2 aromatic carbocycles. The first kappa shape index (κ1) is 16.5. The molecule has 0 bridgehead atoms. The molecular formula is C20H16O7. The molecule has 1 unspecified atom stereocenters. The molecule has 0 saturated heterocycles. The molecule has 27 heavy (non-hydrogen) atoms. The fraction of sp³-hybridized carbons (Fsp3) is 0.250. The van der Waals surface area contributed by atoms with Crippen LogP contribution in [0.25, 0.3) is 0 Å². The molecule has 5 atom stereocenters. The lowest BCUT2D eigenvalue weighted by atomic mass is 9.75. The highest BCUT2D eigenvalue weighted by Crippen LogP contribution is 2.58. The van der Waals surface area contributed by atoms with E-state index in [2.05, 4.69) is 0 Å². The number of ether oxygens (including phenoxy) is 1. The second-order valence-electron chi connectivity index (χ2n) is 7.06. The van der Waals surface area contributed by atoms with Gasteiger partial charge in [0.2, 0.25) is 0 Å². The summed E-state index contributed by atoms with van der Waals surface area (Å²) in [6.45, 7) is 0. The van der Waals surface area contributed by atoms with Gasteiger partial charge >= 0.3 is 0 Å². The van der Waals surface area contributed by atoms with Crippen LogP contribution in [0.1, 0.15) is 44.8 Å². The maximum Gasteiger partial charge on any atom is 0.189 e. The molecule has 0 fully saturated rings. The van der Waals surface area contributed by atoms with E-state index in [-0.39, 0.29) is 28.4 Å². The molecule has 5 N–H and O–H groups in total. The Morgan fingerprint density at radius 1 is 0.889 bits per heavy atom. The first-order valence-electron chi connectivity index (χ1n) is 8.51. The number of aliphatic hydroxyl groups is 3. The first-order chi connectivity index (χ1) is 12.9. The topological polar surface area (TPSA) is 127 Å². The van der Waals surface area contributed by atoms with Gasteiger partial charge in [0, 0.05) is 11.1 Å². The summed E-state index contributed by atoms with van der Waals surface area (Å²) in [5.74, 6) is -0.786. The van der Waals surface area contributed by atoms with E-state index in [1.54, 1.807) is 18.2 Å². The zero-order valence-electron chi connectivity index (χ0n) is 13.9. The van der Waals surface area contributed by atoms with E-state index in [1.165, 1.54) is 24.3 Å². The molecule has 0 aromatic heterocycles. The van der Waals surface area contributed by atoms with Gasteiger partial charge in [0.25, 0.3) is 0 Å². The van der Waals surface area contributed by atoms with Crippen molar-refractivity contribution in [3.63, 3.8) is 0 Å². The van der Waals surface area contributed by atoms with Gasteiger partial charge in [-0.25, -0.2) is 0 Å². The summed E-state index contributed by atoms with van der Waals surface area (Å²) in [4.78, 5) is 12.3. The third-order valence-corrected chi connectivity index (χ3v) is 5.70. The predicted octanol–water partition coefficient (Wildman–Crippen LogP) is 0.934. The maximum atomic E-state index is 12.3. The van der Waals surface area contributed by atoms with Gasteiger partial charge in [-0.1, -0.05) is 18.2 Å². The lowest BCUT2D eigenvalue weighted by molar-refractivity contribution is -0.152. The third-order valence-electron chi connectivity index (χ3n) is 5.70. The van der Waals surface area contributed by atoms with E-state index < -0.39 is 30.0 Å². The van der Waals surface area contributed by atoms with Gasteiger partial charge in [-0.3, -0.25) is 4.79 Å². The molecule has 1 heterocycles. The molecule has 1 aliphatic heterocycles. The van der Waals surface area contributed by atoms with Crippen LogP contribution in [0, 0.1) is 0 Å². The van der Waals surface area contributed by atoms with Crippen LogP contribution < -0.4 is 0 Å². The molecule has 0 radical (unpaired) electrons. The van der Waals surface area contributed by atoms with E-state index in [9.17, 15) is 30.3 Å². The molecule has 2 aliphatic carbocycles. The number of allylic oxidation sites excluding steroid dienone is 1. The van der Waals surface area contributed by atoms with Crippen molar-refractivity contribution in [2.45, 2.75) is 30.0 Å². The van der Waals surface area contributed by atoms with Crippen molar-refractivity contribution in [3.05, 3.63) is 70.3 Å². The second-order valence-corrected chi connectivity index (χ2v) is 7.06. The Bertz CT molecular complexity index is 1030. The summed E-state index contributed by atoms with van der Waals surface area (Å²) >= 11 is 0. The molecule has 3 aliphatic rings. The molecule has 138 valence electrons. The molecule has 5 rings (SSSR count). The summed E-state index contributed by atoms with van der Waals surface area (Å²) < 4.78 is 6.18. The van der Waals surface area contributed by atoms with Gasteiger partial charge in [-0.05, 0) is 35.4 Å². The summed E-state index contributed by atoms with van der Waals surface area (Å²) in [5.41, 5.74) is 0.202. The Hall–Kier alpha value is -2.71. The van der Waals surface area contributed by atoms with Crippen LogP contribution in [-0.4, -0.2) is 43.5 Å². The molecular weight excluding hydrogens is 352 g/mol. The highest BCUT2D eigenvalue weighted by Gasteiger charge is 2.56. The van der Waals surface area contributed by atoms with Gasteiger partial charge in [0.05, 0.1) is 5.56 Å². The van der Waals surface area contributed by atoms with Gasteiger partial charge in [0.1, 0.15) is 41.5 Å². The average Bonchev–Trinajstić information content (AvgIpc) is 2.98. The Morgan fingerprint density at radius 3 is 2.44 bits per heavy atom. The van der Waals surface area contributed by atoms with Crippen molar-refractivity contribution in [1.82, 2.24) is 0 Å². The van der Waals surface area contributed by atoms with Crippen molar-refractivity contribution in [1.29, 1.82) is 0 Å². The second kappa shape index (κ2) is 5.17. The number of aliphatic hydroxyl groups excluding tert-OH is 3. The Kier molecular flexibility index (Phi) is 3.15. The molecule has 0 amide bonds. The molecule has 7 nitrogen and oxygen atoms in total. The summed E-state index contributed by atoms with van der Waals surface area (Å²) in [7, 11) is 0. The summed E-state index contributed by atoms with van der Waals surface area (Å²) in [6, 6.07) is 7.60. The van der Waals surface area contributed by atoms with Crippen molar-refractivity contribution >= 4 is 5.78 Å². The smallest absolute Gasteiger partial charge is 0.189 e. The number of hydrogen-bond donors (Lipinski definition) is 5. The van der Waals surface area contributed by atoms with Crippen molar-refractivity contribution < 1.29 is 35.1 Å². The number of aromatic hydroxyl groups is 2. The molecule has 0 saturated carbocycles. The van der Waals surface area contributed by atoms with Crippen LogP contribution >= 0.6 is 0 Å². The van der Waals surface area contributed by atoms with Crippen molar-refractivity contribution in [2.75, 3.05) is 0 Å². The minimum Gasteiger partial charge on any atom is -0.508 e. The van der Waals surface area contributed by atoms with Crippen LogP contribution in [0.3, 0.4) is 0 Å². The van der Waals surface area contributed by atoms with Crippen molar-refractivity contribution in [2.24, 2.45) is 0 Å². The minimum absolute atomic E-state index is 0.0936. The number of phenolic OH excluding ortho intramolecular Hbond substituents is 2. The minimum atomic E-state index is -1.54.